The molecule has 0 amide bonds. The highest BCUT2D eigenvalue weighted by Crippen LogP contribution is 2.27. The van der Waals surface area contributed by atoms with E-state index in [1.165, 1.54) is 5.56 Å². The first kappa shape index (κ1) is 19.5. The summed E-state index contributed by atoms with van der Waals surface area (Å²) in [6.45, 7) is 3.45. The third-order valence-corrected chi connectivity index (χ3v) is 4.53. The molecule has 3 rings (SSSR count). The molecule has 2 aromatic heterocycles. The Bertz CT molecular complexity index is 965. The molecular formula is C21H27N5O2. The predicted octanol–water partition coefficient (Wildman–Crippen LogP) is 2.57. The van der Waals surface area contributed by atoms with E-state index in [0.29, 0.717) is 12.3 Å². The molecule has 3 aromatic rings. The van der Waals surface area contributed by atoms with Gasteiger partial charge in [-0.1, -0.05) is 12.1 Å². The Balaban J connectivity index is 1.52. The van der Waals surface area contributed by atoms with Gasteiger partial charge >= 0.3 is 0 Å². The zero-order valence-electron chi connectivity index (χ0n) is 16.8. The van der Waals surface area contributed by atoms with Crippen LogP contribution in [0, 0.1) is 6.92 Å². The number of imidazole rings is 1. The van der Waals surface area contributed by atoms with E-state index in [1.54, 1.807) is 21.3 Å². The predicted molar refractivity (Wildman–Crippen MR) is 111 cm³/mol. The molecule has 28 heavy (non-hydrogen) atoms. The van der Waals surface area contributed by atoms with Crippen molar-refractivity contribution in [2.24, 2.45) is 4.99 Å². The first-order valence-electron chi connectivity index (χ1n) is 9.23. The molecule has 0 aliphatic rings. The number of pyridine rings is 1. The van der Waals surface area contributed by atoms with Gasteiger partial charge in [0.05, 0.1) is 19.9 Å². The second-order valence-corrected chi connectivity index (χ2v) is 6.45. The second kappa shape index (κ2) is 9.12. The molecule has 0 unspecified atom stereocenters. The minimum absolute atomic E-state index is 0.633. The first-order valence-corrected chi connectivity index (χ1v) is 9.23. The number of ether oxygens (including phenoxy) is 2. The highest BCUT2D eigenvalue weighted by Gasteiger charge is 2.06. The van der Waals surface area contributed by atoms with Crippen LogP contribution in [0.1, 0.15) is 16.8 Å². The summed E-state index contributed by atoms with van der Waals surface area (Å²) in [5.74, 6) is 2.18. The summed E-state index contributed by atoms with van der Waals surface area (Å²) in [5.41, 5.74) is 4.32. The van der Waals surface area contributed by atoms with Crippen molar-refractivity contribution < 1.29 is 9.47 Å². The average molecular weight is 381 g/mol. The van der Waals surface area contributed by atoms with Gasteiger partial charge in [0.1, 0.15) is 5.65 Å². The highest BCUT2D eigenvalue weighted by atomic mass is 16.5. The maximum absolute atomic E-state index is 5.35. The molecule has 7 heteroatoms. The molecule has 0 radical (unpaired) electrons. The van der Waals surface area contributed by atoms with E-state index in [0.717, 1.165) is 41.6 Å². The molecule has 0 aliphatic heterocycles. The lowest BCUT2D eigenvalue weighted by molar-refractivity contribution is 0.354. The fourth-order valence-electron chi connectivity index (χ4n) is 3.03. The molecule has 1 aromatic carbocycles. The van der Waals surface area contributed by atoms with Crippen molar-refractivity contribution in [3.05, 3.63) is 59.5 Å². The highest BCUT2D eigenvalue weighted by molar-refractivity contribution is 5.79. The standard InChI is InChI=1S/C21H27N5O2/c1-15-6-5-11-26-14-17(25-20(15)26)9-10-23-21(22-2)24-13-16-7-8-18(27-3)19(12-16)28-4/h5-8,11-12,14H,9-10,13H2,1-4H3,(H2,22,23,24). The fourth-order valence-corrected chi connectivity index (χ4v) is 3.03. The quantitative estimate of drug-likeness (QED) is 0.486. The Kier molecular flexibility index (Phi) is 6.37. The molecule has 0 bridgehead atoms. The lowest BCUT2D eigenvalue weighted by Crippen LogP contribution is -2.37. The molecule has 0 atom stereocenters. The van der Waals surface area contributed by atoms with Crippen LogP contribution < -0.4 is 20.1 Å². The molecule has 2 heterocycles. The summed E-state index contributed by atoms with van der Waals surface area (Å²) in [7, 11) is 5.03. The van der Waals surface area contributed by atoms with Crippen LogP contribution in [0.25, 0.3) is 5.65 Å². The van der Waals surface area contributed by atoms with Crippen molar-refractivity contribution >= 4 is 11.6 Å². The van der Waals surface area contributed by atoms with Crippen molar-refractivity contribution in [3.8, 4) is 11.5 Å². The Hall–Kier alpha value is -3.22. The number of fused-ring (bicyclic) bond motifs is 1. The number of nitrogens with zero attached hydrogens (tertiary/aromatic N) is 3. The van der Waals surface area contributed by atoms with Crippen LogP contribution in [0.15, 0.2) is 47.7 Å². The van der Waals surface area contributed by atoms with Crippen molar-refractivity contribution in [1.82, 2.24) is 20.0 Å². The van der Waals surface area contributed by atoms with Crippen molar-refractivity contribution in [2.45, 2.75) is 19.9 Å². The number of hydrogen-bond donors (Lipinski definition) is 2. The van der Waals surface area contributed by atoms with Crippen LogP contribution in [0.3, 0.4) is 0 Å². The normalized spacial score (nSPS) is 11.5. The number of aromatic nitrogens is 2. The van der Waals surface area contributed by atoms with Crippen molar-refractivity contribution in [2.75, 3.05) is 27.8 Å². The largest absolute Gasteiger partial charge is 0.493 e. The Labute approximate surface area is 165 Å². The Morgan fingerprint density at radius 1 is 1.14 bits per heavy atom. The van der Waals surface area contributed by atoms with Crippen LogP contribution in [-0.4, -0.2) is 43.2 Å². The summed E-state index contributed by atoms with van der Waals surface area (Å²) in [5, 5.41) is 6.65. The van der Waals surface area contributed by atoms with E-state index >= 15 is 0 Å². The van der Waals surface area contributed by atoms with Gasteiger partial charge in [0.2, 0.25) is 0 Å². The number of nitrogens with one attached hydrogen (secondary N) is 2. The SMILES string of the molecule is CN=C(NCCc1cn2cccc(C)c2n1)NCc1ccc(OC)c(OC)c1. The van der Waals surface area contributed by atoms with Gasteiger partial charge in [-0.25, -0.2) is 4.98 Å². The van der Waals surface area contributed by atoms with Gasteiger partial charge in [0, 0.05) is 39.0 Å². The van der Waals surface area contributed by atoms with Crippen LogP contribution in [0.2, 0.25) is 0 Å². The second-order valence-electron chi connectivity index (χ2n) is 6.45. The number of benzene rings is 1. The third kappa shape index (κ3) is 4.54. The van der Waals surface area contributed by atoms with E-state index in [1.807, 2.05) is 30.5 Å². The molecule has 148 valence electrons. The van der Waals surface area contributed by atoms with Crippen LogP contribution in [0.4, 0.5) is 0 Å². The summed E-state index contributed by atoms with van der Waals surface area (Å²) < 4.78 is 12.7. The van der Waals surface area contributed by atoms with Crippen molar-refractivity contribution in [3.63, 3.8) is 0 Å². The van der Waals surface area contributed by atoms with Gasteiger partial charge in [0.15, 0.2) is 17.5 Å². The summed E-state index contributed by atoms with van der Waals surface area (Å²) in [6.07, 6.45) is 4.91. The lowest BCUT2D eigenvalue weighted by atomic mass is 10.2. The fraction of sp³-hybridized carbons (Fsp3) is 0.333. The zero-order valence-corrected chi connectivity index (χ0v) is 16.8. The van der Waals surface area contributed by atoms with Crippen LogP contribution in [0.5, 0.6) is 11.5 Å². The van der Waals surface area contributed by atoms with E-state index in [-0.39, 0.29) is 0 Å². The maximum atomic E-state index is 5.35. The number of aryl methyl sites for hydroxylation is 1. The van der Waals surface area contributed by atoms with Crippen LogP contribution >= 0.6 is 0 Å². The molecule has 0 saturated carbocycles. The Morgan fingerprint density at radius 2 is 1.96 bits per heavy atom. The molecule has 0 spiro atoms. The first-order chi connectivity index (χ1) is 13.6. The van der Waals surface area contributed by atoms with E-state index in [9.17, 15) is 0 Å². The minimum Gasteiger partial charge on any atom is -0.493 e. The van der Waals surface area contributed by atoms with Gasteiger partial charge in [-0.3, -0.25) is 4.99 Å². The summed E-state index contributed by atoms with van der Waals surface area (Å²) in [6, 6.07) is 9.96. The van der Waals surface area contributed by atoms with Gasteiger partial charge in [0.25, 0.3) is 0 Å². The van der Waals surface area contributed by atoms with Crippen molar-refractivity contribution in [1.29, 1.82) is 0 Å². The van der Waals surface area contributed by atoms with Gasteiger partial charge in [-0.2, -0.15) is 0 Å². The minimum atomic E-state index is 0.633. The monoisotopic (exact) mass is 381 g/mol. The number of rotatable bonds is 7. The van der Waals surface area contributed by atoms with Gasteiger partial charge in [-0.15, -0.1) is 0 Å². The summed E-state index contributed by atoms with van der Waals surface area (Å²) >= 11 is 0. The molecule has 0 saturated heterocycles. The topological polar surface area (TPSA) is 72.2 Å². The summed E-state index contributed by atoms with van der Waals surface area (Å²) in [4.78, 5) is 8.98. The molecule has 7 nitrogen and oxygen atoms in total. The van der Waals surface area contributed by atoms with Gasteiger partial charge in [-0.05, 0) is 36.2 Å². The van der Waals surface area contributed by atoms with E-state index < -0.39 is 0 Å². The van der Waals surface area contributed by atoms with E-state index in [2.05, 4.69) is 39.2 Å². The van der Waals surface area contributed by atoms with Crippen LogP contribution in [-0.2, 0) is 13.0 Å². The maximum Gasteiger partial charge on any atom is 0.191 e. The smallest absolute Gasteiger partial charge is 0.191 e. The molecule has 0 fully saturated rings. The number of guanidine groups is 1. The number of hydrogen-bond acceptors (Lipinski definition) is 4. The van der Waals surface area contributed by atoms with E-state index in [4.69, 9.17) is 14.5 Å². The average Bonchev–Trinajstić information content (AvgIpc) is 3.14. The van der Waals surface area contributed by atoms with Gasteiger partial charge < -0.3 is 24.5 Å². The third-order valence-electron chi connectivity index (χ3n) is 4.53. The lowest BCUT2D eigenvalue weighted by Gasteiger charge is -2.13. The molecule has 2 N–H and O–H groups in total. The Morgan fingerprint density at radius 3 is 2.68 bits per heavy atom. The molecule has 0 aliphatic carbocycles. The zero-order chi connectivity index (χ0) is 19.9. The molecular weight excluding hydrogens is 354 g/mol. The number of aliphatic imine (C=N–C) groups is 1. The number of methoxy groups -OCH3 is 2.